The summed E-state index contributed by atoms with van der Waals surface area (Å²) >= 11 is 0. The van der Waals surface area contributed by atoms with Gasteiger partial charge in [-0.3, -0.25) is 0 Å². The topological polar surface area (TPSA) is 12.0 Å². The van der Waals surface area contributed by atoms with Gasteiger partial charge in [-0.2, -0.15) is 0 Å². The maximum atomic E-state index is 3.61. The lowest BCUT2D eigenvalue weighted by Gasteiger charge is -2.29. The van der Waals surface area contributed by atoms with Gasteiger partial charge in [0.25, 0.3) is 0 Å². The zero-order chi connectivity index (χ0) is 19.1. The molecule has 0 saturated carbocycles. The first-order valence-electron chi connectivity index (χ1n) is 10.4. The molecule has 0 radical (unpaired) electrons. The van der Waals surface area contributed by atoms with Gasteiger partial charge in [-0.25, -0.2) is 0 Å². The lowest BCUT2D eigenvalue weighted by Crippen LogP contribution is -2.24. The summed E-state index contributed by atoms with van der Waals surface area (Å²) < 4.78 is 0. The van der Waals surface area contributed by atoms with Gasteiger partial charge in [0.2, 0.25) is 0 Å². The third kappa shape index (κ3) is 2.86. The second-order valence-electron chi connectivity index (χ2n) is 8.71. The Labute approximate surface area is 168 Å². The van der Waals surface area contributed by atoms with Crippen LogP contribution in [0.15, 0.2) is 85.0 Å². The lowest BCUT2D eigenvalue weighted by atomic mass is 9.74. The van der Waals surface area contributed by atoms with Crippen LogP contribution in [0.1, 0.15) is 49.3 Å². The molecule has 28 heavy (non-hydrogen) atoms. The Morgan fingerprint density at radius 3 is 2.46 bits per heavy atom. The van der Waals surface area contributed by atoms with Crippen molar-refractivity contribution >= 4 is 16.9 Å². The molecule has 2 atom stereocenters. The van der Waals surface area contributed by atoms with Crippen LogP contribution in [-0.2, 0) is 5.41 Å². The number of hydrogen-bond donors (Lipinski definition) is 1. The van der Waals surface area contributed by atoms with Crippen LogP contribution in [0.3, 0.4) is 0 Å². The zero-order valence-corrected chi connectivity index (χ0v) is 16.7. The predicted molar refractivity (Wildman–Crippen MR) is 120 cm³/mol. The minimum atomic E-state index is 0.157. The maximum absolute atomic E-state index is 3.61. The monoisotopic (exact) mass is 365 g/mol. The number of rotatable bonds is 3. The molecule has 2 unspecified atom stereocenters. The van der Waals surface area contributed by atoms with Crippen LogP contribution in [0.5, 0.6) is 0 Å². The van der Waals surface area contributed by atoms with Crippen LogP contribution in [0.4, 0.5) is 11.4 Å². The maximum Gasteiger partial charge on any atom is 0.0387 e. The van der Waals surface area contributed by atoms with Gasteiger partial charge in [0.15, 0.2) is 0 Å². The Hall–Kier alpha value is -2.80. The Morgan fingerprint density at radius 2 is 1.68 bits per heavy atom. The van der Waals surface area contributed by atoms with E-state index >= 15 is 0 Å². The summed E-state index contributed by atoms with van der Waals surface area (Å²) in [7, 11) is 0. The summed E-state index contributed by atoms with van der Waals surface area (Å²) in [6, 6.07) is 15.8. The van der Waals surface area contributed by atoms with Crippen LogP contribution in [0.2, 0.25) is 0 Å². The molecule has 140 valence electrons. The molecule has 0 saturated heterocycles. The first-order chi connectivity index (χ1) is 13.6. The molecule has 2 aromatic carbocycles. The van der Waals surface area contributed by atoms with Crippen LogP contribution in [-0.4, -0.2) is 0 Å². The van der Waals surface area contributed by atoms with Crippen molar-refractivity contribution in [1.29, 1.82) is 0 Å². The van der Waals surface area contributed by atoms with Crippen molar-refractivity contribution in [3.05, 3.63) is 102 Å². The van der Waals surface area contributed by atoms with E-state index < -0.39 is 0 Å². The summed E-state index contributed by atoms with van der Waals surface area (Å²) in [6.07, 6.45) is 18.0. The molecular weight excluding hydrogens is 338 g/mol. The molecule has 3 aliphatic rings. The normalized spacial score (nSPS) is 23.9. The number of fused-ring (bicyclic) bond motifs is 3. The highest BCUT2D eigenvalue weighted by Crippen LogP contribution is 2.53. The smallest absolute Gasteiger partial charge is 0.0387 e. The Bertz CT molecular complexity index is 1010. The molecule has 0 heterocycles. The molecule has 5 rings (SSSR count). The minimum absolute atomic E-state index is 0.157. The van der Waals surface area contributed by atoms with Crippen molar-refractivity contribution in [2.75, 3.05) is 5.32 Å². The molecule has 0 amide bonds. The lowest BCUT2D eigenvalue weighted by molar-refractivity contribution is 0.394. The third-order valence-electron chi connectivity index (χ3n) is 6.63. The highest BCUT2D eigenvalue weighted by atomic mass is 14.9. The number of allylic oxidation sites excluding steroid dienone is 8. The number of anilines is 2. The van der Waals surface area contributed by atoms with Crippen molar-refractivity contribution in [3.63, 3.8) is 0 Å². The van der Waals surface area contributed by atoms with Gasteiger partial charge in [0.1, 0.15) is 0 Å². The molecule has 0 aliphatic heterocycles. The van der Waals surface area contributed by atoms with Gasteiger partial charge in [-0.1, -0.05) is 74.6 Å². The van der Waals surface area contributed by atoms with E-state index in [1.54, 1.807) is 0 Å². The van der Waals surface area contributed by atoms with E-state index in [4.69, 9.17) is 0 Å². The number of nitrogens with one attached hydrogen (secondary N) is 1. The van der Waals surface area contributed by atoms with E-state index in [-0.39, 0.29) is 5.41 Å². The summed E-state index contributed by atoms with van der Waals surface area (Å²) in [5.41, 5.74) is 8.18. The Balaban J connectivity index is 1.40. The number of benzene rings is 2. The summed E-state index contributed by atoms with van der Waals surface area (Å²) in [5.74, 6) is 1.07. The van der Waals surface area contributed by atoms with E-state index in [0.717, 1.165) is 18.5 Å². The van der Waals surface area contributed by atoms with Crippen LogP contribution in [0, 0.1) is 5.92 Å². The molecular formula is C27H27N. The van der Waals surface area contributed by atoms with Gasteiger partial charge in [0, 0.05) is 17.3 Å². The zero-order valence-electron chi connectivity index (χ0n) is 16.7. The van der Waals surface area contributed by atoms with Gasteiger partial charge in [-0.05, 0) is 70.7 Å². The molecule has 0 bridgehead atoms. The minimum Gasteiger partial charge on any atom is -0.356 e. The van der Waals surface area contributed by atoms with Crippen molar-refractivity contribution < 1.29 is 0 Å². The van der Waals surface area contributed by atoms with Crippen LogP contribution < -0.4 is 5.32 Å². The fourth-order valence-electron chi connectivity index (χ4n) is 5.03. The van der Waals surface area contributed by atoms with Gasteiger partial charge in [0.05, 0.1) is 0 Å². The van der Waals surface area contributed by atoms with Crippen molar-refractivity contribution in [1.82, 2.24) is 0 Å². The predicted octanol–water partition coefficient (Wildman–Crippen LogP) is 7.28. The first kappa shape index (κ1) is 17.3. The fourth-order valence-corrected chi connectivity index (χ4v) is 5.03. The molecule has 2 aromatic rings. The summed E-state index contributed by atoms with van der Waals surface area (Å²) in [6.45, 7) is 4.76. The van der Waals surface area contributed by atoms with Crippen molar-refractivity contribution in [2.45, 2.75) is 38.0 Å². The second-order valence-corrected chi connectivity index (χ2v) is 8.71. The third-order valence-corrected chi connectivity index (χ3v) is 6.63. The molecule has 1 N–H and O–H groups in total. The molecule has 0 spiro atoms. The fraction of sp³-hybridized carbons (Fsp3) is 0.259. The average molecular weight is 366 g/mol. The van der Waals surface area contributed by atoms with Gasteiger partial charge in [-0.15, -0.1) is 0 Å². The highest BCUT2D eigenvalue weighted by molar-refractivity contribution is 5.71. The van der Waals surface area contributed by atoms with Gasteiger partial charge >= 0.3 is 0 Å². The summed E-state index contributed by atoms with van der Waals surface area (Å²) in [4.78, 5) is 0. The highest BCUT2D eigenvalue weighted by Gasteiger charge is 2.44. The Morgan fingerprint density at radius 1 is 0.893 bits per heavy atom. The number of hydrogen-bond acceptors (Lipinski definition) is 1. The Kier molecular flexibility index (Phi) is 4.12. The molecule has 3 aliphatic carbocycles. The van der Waals surface area contributed by atoms with E-state index in [1.807, 2.05) is 0 Å². The van der Waals surface area contributed by atoms with E-state index in [1.165, 1.54) is 28.0 Å². The van der Waals surface area contributed by atoms with Crippen molar-refractivity contribution in [3.8, 4) is 0 Å². The van der Waals surface area contributed by atoms with E-state index in [9.17, 15) is 0 Å². The molecule has 1 heteroatoms. The SMILES string of the molecule is CC1(C)c2cc(Nc3ccc(C4=CC=CCC4)cc3)ccc2C2C=CC=CC21. The van der Waals surface area contributed by atoms with E-state index in [0.29, 0.717) is 11.8 Å². The van der Waals surface area contributed by atoms with E-state index in [2.05, 4.69) is 104 Å². The van der Waals surface area contributed by atoms with Crippen molar-refractivity contribution in [2.24, 2.45) is 5.92 Å². The standard InChI is InChI=1S/C27H27N/c1-27(2)25-11-7-6-10-23(25)24-17-16-22(18-26(24)27)28-21-14-12-20(13-15-21)19-8-4-3-5-9-19/h3-4,6-8,10-18,23,25,28H,5,9H2,1-2H3. The molecule has 0 fully saturated rings. The average Bonchev–Trinajstić information content (AvgIpc) is 2.97. The quantitative estimate of drug-likeness (QED) is 0.602. The second kappa shape index (κ2) is 6.67. The van der Waals surface area contributed by atoms with Gasteiger partial charge < -0.3 is 5.32 Å². The largest absolute Gasteiger partial charge is 0.356 e. The molecule has 1 nitrogen and oxygen atoms in total. The molecule has 0 aromatic heterocycles. The first-order valence-corrected chi connectivity index (χ1v) is 10.4. The summed E-state index contributed by atoms with van der Waals surface area (Å²) in [5, 5.41) is 3.61. The van der Waals surface area contributed by atoms with Crippen LogP contribution in [0.25, 0.3) is 5.57 Å². The van der Waals surface area contributed by atoms with Crippen LogP contribution >= 0.6 is 0 Å².